The monoisotopic (exact) mass is 339 g/mol. The molecule has 0 aromatic heterocycles. The number of amides is 2. The molecule has 0 saturated carbocycles. The van der Waals surface area contributed by atoms with Gasteiger partial charge >= 0.3 is 0 Å². The van der Waals surface area contributed by atoms with Crippen molar-refractivity contribution in [2.45, 2.75) is 50.1 Å². The number of hydrogen-bond donors (Lipinski definition) is 1. The van der Waals surface area contributed by atoms with E-state index in [9.17, 15) is 9.59 Å². The summed E-state index contributed by atoms with van der Waals surface area (Å²) >= 11 is 0. The molecule has 5 rings (SSSR count). The zero-order valence-corrected chi connectivity index (χ0v) is 14.5. The first-order chi connectivity index (χ1) is 12.2. The van der Waals surface area contributed by atoms with Gasteiger partial charge in [-0.25, -0.2) is 0 Å². The highest BCUT2D eigenvalue weighted by molar-refractivity contribution is 6.09. The molecule has 2 amide bonds. The van der Waals surface area contributed by atoms with Crippen LogP contribution in [0, 0.1) is 5.92 Å². The van der Waals surface area contributed by atoms with Gasteiger partial charge in [0, 0.05) is 30.4 Å². The van der Waals surface area contributed by atoms with Crippen molar-refractivity contribution in [3.05, 3.63) is 29.8 Å². The zero-order valence-electron chi connectivity index (χ0n) is 14.5. The normalized spacial score (nSPS) is 34.2. The number of carbonyl (C=O) groups excluding carboxylic acids is 2. The minimum absolute atomic E-state index is 0.00783. The van der Waals surface area contributed by atoms with Crippen LogP contribution in [0.15, 0.2) is 24.3 Å². The van der Waals surface area contributed by atoms with Crippen molar-refractivity contribution in [3.63, 3.8) is 0 Å². The number of nitrogens with one attached hydrogen (secondary N) is 1. The van der Waals surface area contributed by atoms with Crippen LogP contribution in [0.3, 0.4) is 0 Å². The number of benzene rings is 1. The third-order valence-electron chi connectivity index (χ3n) is 6.74. The largest absolute Gasteiger partial charge is 0.342 e. The molecule has 25 heavy (non-hydrogen) atoms. The Hall–Kier alpha value is -1.88. The average molecular weight is 339 g/mol. The molecule has 1 N–H and O–H groups in total. The van der Waals surface area contributed by atoms with Gasteiger partial charge in [-0.2, -0.15) is 0 Å². The van der Waals surface area contributed by atoms with Gasteiger partial charge in [-0.05, 0) is 51.1 Å². The van der Waals surface area contributed by atoms with Crippen LogP contribution in [-0.4, -0.2) is 47.3 Å². The number of likely N-dealkylation sites (tertiary alicyclic amines) is 1. The molecular weight excluding hydrogens is 314 g/mol. The summed E-state index contributed by atoms with van der Waals surface area (Å²) in [6.07, 6.45) is 6.41. The fourth-order valence-corrected chi connectivity index (χ4v) is 5.70. The zero-order chi connectivity index (χ0) is 17.0. The summed E-state index contributed by atoms with van der Waals surface area (Å²) in [5.41, 5.74) is 1.11. The first kappa shape index (κ1) is 15.4. The van der Waals surface area contributed by atoms with Crippen LogP contribution >= 0.6 is 0 Å². The summed E-state index contributed by atoms with van der Waals surface area (Å²) in [6, 6.07) is 8.32. The Kier molecular flexibility index (Phi) is 3.42. The van der Waals surface area contributed by atoms with E-state index in [1.54, 1.807) is 0 Å². The fraction of sp³-hybridized carbons (Fsp3) is 0.600. The van der Waals surface area contributed by atoms with Crippen LogP contribution in [0.4, 0.5) is 5.69 Å². The van der Waals surface area contributed by atoms with E-state index >= 15 is 0 Å². The van der Waals surface area contributed by atoms with Crippen LogP contribution in [0.25, 0.3) is 0 Å². The van der Waals surface area contributed by atoms with Crippen LogP contribution in [0.2, 0.25) is 0 Å². The second-order valence-corrected chi connectivity index (χ2v) is 7.93. The maximum absolute atomic E-state index is 13.5. The predicted molar refractivity (Wildman–Crippen MR) is 95.0 cm³/mol. The van der Waals surface area contributed by atoms with E-state index < -0.39 is 5.54 Å². The van der Waals surface area contributed by atoms with Gasteiger partial charge in [0.05, 0.1) is 5.92 Å². The molecule has 5 nitrogen and oxygen atoms in total. The van der Waals surface area contributed by atoms with Crippen molar-refractivity contribution < 1.29 is 9.59 Å². The summed E-state index contributed by atoms with van der Waals surface area (Å²) in [4.78, 5) is 31.1. The molecule has 3 atom stereocenters. The Morgan fingerprint density at radius 2 is 1.88 bits per heavy atom. The van der Waals surface area contributed by atoms with Crippen molar-refractivity contribution in [1.29, 1.82) is 0 Å². The van der Waals surface area contributed by atoms with E-state index in [0.717, 1.165) is 63.0 Å². The molecule has 0 unspecified atom stereocenters. The quantitative estimate of drug-likeness (QED) is 0.854. The number of fused-ring (bicyclic) bond motifs is 4. The lowest BCUT2D eigenvalue weighted by atomic mass is 9.78. The Labute approximate surface area is 148 Å². The molecule has 132 valence electrons. The minimum atomic E-state index is -0.785. The van der Waals surface area contributed by atoms with Gasteiger partial charge in [-0.3, -0.25) is 14.5 Å². The number of hydrogen-bond acceptors (Lipinski definition) is 3. The summed E-state index contributed by atoms with van der Waals surface area (Å²) in [6.45, 7) is 2.61. The molecule has 3 saturated heterocycles. The van der Waals surface area contributed by atoms with E-state index in [4.69, 9.17) is 0 Å². The maximum atomic E-state index is 13.5. The Morgan fingerprint density at radius 1 is 1.08 bits per heavy atom. The second-order valence-electron chi connectivity index (χ2n) is 7.93. The minimum Gasteiger partial charge on any atom is -0.342 e. The van der Waals surface area contributed by atoms with Gasteiger partial charge in [0.2, 0.25) is 11.8 Å². The van der Waals surface area contributed by atoms with Crippen LogP contribution in [0.5, 0.6) is 0 Å². The summed E-state index contributed by atoms with van der Waals surface area (Å²) in [5, 5.41) is 3.08. The molecule has 3 fully saturated rings. The van der Waals surface area contributed by atoms with Crippen molar-refractivity contribution in [1.82, 2.24) is 9.80 Å². The molecule has 0 bridgehead atoms. The molecule has 0 radical (unpaired) electrons. The molecule has 1 aromatic rings. The highest BCUT2D eigenvalue weighted by atomic mass is 16.2. The molecular formula is C20H25N3O2. The van der Waals surface area contributed by atoms with Crippen LogP contribution in [0.1, 0.15) is 44.1 Å². The number of piperidine rings is 1. The lowest BCUT2D eigenvalue weighted by molar-refractivity contribution is -0.145. The average Bonchev–Trinajstić information content (AvgIpc) is 3.30. The van der Waals surface area contributed by atoms with E-state index in [2.05, 4.69) is 10.2 Å². The van der Waals surface area contributed by atoms with E-state index in [1.165, 1.54) is 6.42 Å². The van der Waals surface area contributed by atoms with Gasteiger partial charge in [-0.1, -0.05) is 18.2 Å². The number of carbonyl (C=O) groups is 2. The molecule has 1 aromatic carbocycles. The number of para-hydroxylation sites is 1. The first-order valence-corrected chi connectivity index (χ1v) is 9.69. The number of anilines is 1. The van der Waals surface area contributed by atoms with E-state index in [-0.39, 0.29) is 17.7 Å². The Balaban J connectivity index is 1.61. The summed E-state index contributed by atoms with van der Waals surface area (Å²) in [5.74, 6) is -0.0473. The molecule has 4 heterocycles. The van der Waals surface area contributed by atoms with Gasteiger partial charge in [0.15, 0.2) is 0 Å². The fourth-order valence-electron chi connectivity index (χ4n) is 5.70. The molecule has 0 aliphatic carbocycles. The molecule has 4 aliphatic rings. The lowest BCUT2D eigenvalue weighted by Gasteiger charge is -2.39. The smallest absolute Gasteiger partial charge is 0.250 e. The van der Waals surface area contributed by atoms with Crippen molar-refractivity contribution in [3.8, 4) is 0 Å². The van der Waals surface area contributed by atoms with Gasteiger partial charge in [-0.15, -0.1) is 0 Å². The number of nitrogens with zero attached hydrogens (tertiary/aromatic N) is 2. The summed E-state index contributed by atoms with van der Waals surface area (Å²) < 4.78 is 0. The molecule has 5 heteroatoms. The molecule has 1 spiro atoms. The highest BCUT2D eigenvalue weighted by Crippen LogP contribution is 2.55. The Bertz CT molecular complexity index is 727. The second kappa shape index (κ2) is 5.56. The van der Waals surface area contributed by atoms with Crippen LogP contribution in [-0.2, 0) is 15.1 Å². The maximum Gasteiger partial charge on any atom is 0.250 e. The van der Waals surface area contributed by atoms with Crippen molar-refractivity contribution in [2.75, 3.05) is 25.0 Å². The lowest BCUT2D eigenvalue weighted by Crippen LogP contribution is -2.55. The predicted octanol–water partition coefficient (Wildman–Crippen LogP) is 2.33. The van der Waals surface area contributed by atoms with Gasteiger partial charge < -0.3 is 10.2 Å². The molecule has 4 aliphatic heterocycles. The topological polar surface area (TPSA) is 52.7 Å². The standard InChI is InChI=1S/C20H25N3O2/c24-18(22-10-4-1-5-11-22)16-13-14-7-6-12-23(14)20(16)15-8-2-3-9-17(15)21-19(20)25/h2-3,8-9,14,16H,1,4-7,10-13H2,(H,21,25)/t14-,16-,20+/m1/s1. The van der Waals surface area contributed by atoms with Gasteiger partial charge in [0.25, 0.3) is 0 Å². The van der Waals surface area contributed by atoms with E-state index in [0.29, 0.717) is 6.04 Å². The summed E-state index contributed by atoms with van der Waals surface area (Å²) in [7, 11) is 0. The third-order valence-corrected chi connectivity index (χ3v) is 6.74. The van der Waals surface area contributed by atoms with Crippen molar-refractivity contribution in [2.24, 2.45) is 5.92 Å². The highest BCUT2D eigenvalue weighted by Gasteiger charge is 2.65. The van der Waals surface area contributed by atoms with Gasteiger partial charge in [0.1, 0.15) is 5.54 Å². The third kappa shape index (κ3) is 1.99. The van der Waals surface area contributed by atoms with E-state index in [1.807, 2.05) is 29.2 Å². The Morgan fingerprint density at radius 3 is 2.72 bits per heavy atom. The SMILES string of the molecule is O=C([C@H]1C[C@H]2CCCN2[C@]12C(=O)Nc1ccccc12)N1CCCCC1. The van der Waals surface area contributed by atoms with Crippen LogP contribution < -0.4 is 5.32 Å². The van der Waals surface area contributed by atoms with Crippen molar-refractivity contribution >= 4 is 17.5 Å². The first-order valence-electron chi connectivity index (χ1n) is 9.69. The number of rotatable bonds is 1.